The minimum atomic E-state index is -0.0424. The summed E-state index contributed by atoms with van der Waals surface area (Å²) in [6, 6.07) is 12.0. The number of nitrogens with one attached hydrogen (secondary N) is 1. The van der Waals surface area contributed by atoms with Crippen molar-refractivity contribution >= 4 is 17.2 Å². The van der Waals surface area contributed by atoms with Crippen molar-refractivity contribution in [2.45, 2.75) is 20.4 Å². The highest BCUT2D eigenvalue weighted by Crippen LogP contribution is 2.31. The van der Waals surface area contributed by atoms with Crippen LogP contribution in [-0.2, 0) is 6.54 Å². The van der Waals surface area contributed by atoms with Gasteiger partial charge in [0.15, 0.2) is 0 Å². The van der Waals surface area contributed by atoms with Gasteiger partial charge >= 0.3 is 0 Å². The Labute approximate surface area is 161 Å². The van der Waals surface area contributed by atoms with E-state index in [1.54, 1.807) is 23.9 Å². The molecular formula is C21H20N4OS. The molecule has 0 saturated carbocycles. The summed E-state index contributed by atoms with van der Waals surface area (Å²) in [5.41, 5.74) is 3.89. The number of benzene rings is 1. The quantitative estimate of drug-likeness (QED) is 0.565. The third-order valence-corrected chi connectivity index (χ3v) is 5.85. The zero-order chi connectivity index (χ0) is 18.8. The fourth-order valence-electron chi connectivity index (χ4n) is 3.00. The summed E-state index contributed by atoms with van der Waals surface area (Å²) in [4.78, 5) is 18.1. The SMILES string of the molecule is Cc1sc(-n2cccc2)c(C(=O)NCc2ccc(-n3ccnc3)cc2)c1C. The average molecular weight is 376 g/mol. The van der Waals surface area contributed by atoms with Crippen molar-refractivity contribution in [2.24, 2.45) is 0 Å². The third-order valence-electron chi connectivity index (χ3n) is 4.62. The number of nitrogens with zero attached hydrogens (tertiary/aromatic N) is 3. The van der Waals surface area contributed by atoms with E-state index in [9.17, 15) is 4.79 Å². The number of amides is 1. The van der Waals surface area contributed by atoms with Gasteiger partial charge in [-0.3, -0.25) is 4.79 Å². The number of aromatic nitrogens is 3. The molecule has 136 valence electrons. The first kappa shape index (κ1) is 17.3. The van der Waals surface area contributed by atoms with Crippen LogP contribution in [0.25, 0.3) is 10.7 Å². The molecule has 1 aromatic carbocycles. The zero-order valence-electron chi connectivity index (χ0n) is 15.2. The molecule has 5 nitrogen and oxygen atoms in total. The van der Waals surface area contributed by atoms with E-state index in [1.165, 1.54) is 0 Å². The molecule has 0 atom stereocenters. The summed E-state index contributed by atoms with van der Waals surface area (Å²) >= 11 is 1.64. The molecule has 6 heteroatoms. The lowest BCUT2D eigenvalue weighted by atomic mass is 10.1. The maximum atomic E-state index is 12.9. The van der Waals surface area contributed by atoms with E-state index in [0.717, 1.165) is 32.3 Å². The number of thiophene rings is 1. The molecule has 3 heterocycles. The number of carbonyl (C=O) groups excluding carboxylic acids is 1. The van der Waals surface area contributed by atoms with Crippen LogP contribution >= 0.6 is 11.3 Å². The van der Waals surface area contributed by atoms with Gasteiger partial charge in [-0.1, -0.05) is 12.1 Å². The Kier molecular flexibility index (Phi) is 4.64. The van der Waals surface area contributed by atoms with Gasteiger partial charge in [-0.15, -0.1) is 11.3 Å². The van der Waals surface area contributed by atoms with Gasteiger partial charge in [-0.2, -0.15) is 0 Å². The molecule has 0 aliphatic heterocycles. The van der Waals surface area contributed by atoms with Gasteiger partial charge in [0, 0.05) is 41.9 Å². The largest absolute Gasteiger partial charge is 0.348 e. The van der Waals surface area contributed by atoms with E-state index in [4.69, 9.17) is 0 Å². The molecule has 0 bridgehead atoms. The van der Waals surface area contributed by atoms with Gasteiger partial charge in [0.1, 0.15) is 5.00 Å². The molecule has 0 spiro atoms. The van der Waals surface area contributed by atoms with E-state index in [2.05, 4.69) is 17.2 Å². The summed E-state index contributed by atoms with van der Waals surface area (Å²) in [7, 11) is 0. The number of carbonyl (C=O) groups is 1. The highest BCUT2D eigenvalue weighted by Gasteiger charge is 2.20. The van der Waals surface area contributed by atoms with Crippen LogP contribution in [0, 0.1) is 13.8 Å². The predicted molar refractivity (Wildman–Crippen MR) is 108 cm³/mol. The molecule has 4 aromatic rings. The van der Waals surface area contributed by atoms with Crippen molar-refractivity contribution < 1.29 is 4.79 Å². The smallest absolute Gasteiger partial charge is 0.254 e. The maximum absolute atomic E-state index is 12.9. The third kappa shape index (κ3) is 3.44. The van der Waals surface area contributed by atoms with Gasteiger partial charge in [-0.05, 0) is 49.2 Å². The van der Waals surface area contributed by atoms with Crippen molar-refractivity contribution in [2.75, 3.05) is 0 Å². The van der Waals surface area contributed by atoms with Crippen LogP contribution < -0.4 is 5.32 Å². The summed E-state index contributed by atoms with van der Waals surface area (Å²) in [5.74, 6) is -0.0424. The molecule has 1 amide bonds. The van der Waals surface area contributed by atoms with E-state index in [0.29, 0.717) is 6.54 Å². The number of imidazole rings is 1. The van der Waals surface area contributed by atoms with Crippen molar-refractivity contribution in [3.05, 3.63) is 89.1 Å². The van der Waals surface area contributed by atoms with Crippen LogP contribution in [0.2, 0.25) is 0 Å². The molecule has 0 aliphatic carbocycles. The fraction of sp³-hybridized carbons (Fsp3) is 0.143. The molecule has 0 aliphatic rings. The standard InChI is InChI=1S/C21H20N4OS/c1-15-16(2)27-21(24-10-3-4-11-24)19(15)20(26)23-13-17-5-7-18(8-6-17)25-12-9-22-14-25/h3-12,14H,13H2,1-2H3,(H,23,26). The summed E-state index contributed by atoms with van der Waals surface area (Å²) in [6.45, 7) is 4.55. The van der Waals surface area contributed by atoms with Crippen LogP contribution in [0.4, 0.5) is 0 Å². The van der Waals surface area contributed by atoms with Crippen molar-refractivity contribution in [1.82, 2.24) is 19.4 Å². The predicted octanol–water partition coefficient (Wildman–Crippen LogP) is 4.27. The van der Waals surface area contributed by atoms with Crippen molar-refractivity contribution in [3.63, 3.8) is 0 Å². The van der Waals surface area contributed by atoms with Gasteiger partial charge in [0.2, 0.25) is 0 Å². The number of aryl methyl sites for hydroxylation is 1. The van der Waals surface area contributed by atoms with E-state index < -0.39 is 0 Å². The first-order valence-corrected chi connectivity index (χ1v) is 9.54. The Morgan fingerprint density at radius 1 is 1.07 bits per heavy atom. The second-order valence-electron chi connectivity index (χ2n) is 6.37. The second kappa shape index (κ2) is 7.25. The summed E-state index contributed by atoms with van der Waals surface area (Å²) in [5, 5.41) is 4.02. The molecule has 3 aromatic heterocycles. The normalized spacial score (nSPS) is 10.9. The summed E-state index contributed by atoms with van der Waals surface area (Å²) in [6.07, 6.45) is 9.36. The van der Waals surface area contributed by atoms with Crippen LogP contribution in [0.5, 0.6) is 0 Å². The molecule has 0 unspecified atom stereocenters. The molecule has 27 heavy (non-hydrogen) atoms. The van der Waals surface area contributed by atoms with Gasteiger partial charge in [0.25, 0.3) is 5.91 Å². The monoisotopic (exact) mass is 376 g/mol. The second-order valence-corrected chi connectivity index (χ2v) is 7.58. The Hall–Kier alpha value is -3.12. The Morgan fingerprint density at radius 2 is 1.81 bits per heavy atom. The molecule has 0 saturated heterocycles. The van der Waals surface area contributed by atoms with E-state index in [-0.39, 0.29) is 5.91 Å². The Morgan fingerprint density at radius 3 is 2.48 bits per heavy atom. The fourth-order valence-corrected chi connectivity index (χ4v) is 4.12. The highest BCUT2D eigenvalue weighted by molar-refractivity contribution is 7.15. The van der Waals surface area contributed by atoms with Gasteiger partial charge < -0.3 is 14.5 Å². The number of rotatable bonds is 5. The van der Waals surface area contributed by atoms with Crippen molar-refractivity contribution in [3.8, 4) is 10.7 Å². The maximum Gasteiger partial charge on any atom is 0.254 e. The number of hydrogen-bond donors (Lipinski definition) is 1. The van der Waals surface area contributed by atoms with Crippen LogP contribution in [0.15, 0.2) is 67.5 Å². The van der Waals surface area contributed by atoms with Gasteiger partial charge in [0.05, 0.1) is 11.9 Å². The first-order valence-electron chi connectivity index (χ1n) is 8.72. The van der Waals surface area contributed by atoms with Crippen LogP contribution in [0.1, 0.15) is 26.4 Å². The molecular weight excluding hydrogens is 356 g/mol. The molecule has 1 N–H and O–H groups in total. The summed E-state index contributed by atoms with van der Waals surface area (Å²) < 4.78 is 3.95. The van der Waals surface area contributed by atoms with E-state index in [1.807, 2.05) is 71.0 Å². The van der Waals surface area contributed by atoms with Gasteiger partial charge in [-0.25, -0.2) is 4.98 Å². The van der Waals surface area contributed by atoms with Crippen molar-refractivity contribution in [1.29, 1.82) is 0 Å². The Balaban J connectivity index is 1.50. The van der Waals surface area contributed by atoms with Crippen LogP contribution in [-0.4, -0.2) is 20.0 Å². The van der Waals surface area contributed by atoms with E-state index >= 15 is 0 Å². The Bertz CT molecular complexity index is 1040. The minimum Gasteiger partial charge on any atom is -0.348 e. The lowest BCUT2D eigenvalue weighted by Crippen LogP contribution is -2.24. The topological polar surface area (TPSA) is 51.9 Å². The highest BCUT2D eigenvalue weighted by atomic mass is 32.1. The number of hydrogen-bond acceptors (Lipinski definition) is 3. The molecule has 0 fully saturated rings. The average Bonchev–Trinajstić information content (AvgIpc) is 3.43. The lowest BCUT2D eigenvalue weighted by molar-refractivity contribution is 0.0950. The molecule has 4 rings (SSSR count). The first-order chi connectivity index (χ1) is 13.1. The minimum absolute atomic E-state index is 0.0424. The van der Waals surface area contributed by atoms with Crippen LogP contribution in [0.3, 0.4) is 0 Å². The molecule has 0 radical (unpaired) electrons. The lowest BCUT2D eigenvalue weighted by Gasteiger charge is -2.09. The zero-order valence-corrected chi connectivity index (χ0v) is 16.0.